The molecule has 0 unspecified atom stereocenters. The van der Waals surface area contributed by atoms with Crippen LogP contribution in [0.15, 0.2) is 0 Å². The Kier molecular flexibility index (Phi) is 25.1. The maximum atomic E-state index is 13.4. The van der Waals surface area contributed by atoms with Crippen LogP contribution in [-0.2, 0) is 76.0 Å². The third-order valence-corrected chi connectivity index (χ3v) is 16.2. The average molecular weight is 1290 g/mol. The van der Waals surface area contributed by atoms with Crippen molar-refractivity contribution >= 4 is 17.8 Å². The summed E-state index contributed by atoms with van der Waals surface area (Å²) in [5, 5.41) is 233. The van der Waals surface area contributed by atoms with E-state index in [1.165, 1.54) is 13.8 Å². The molecule has 39 heteroatoms. The Morgan fingerprint density at radius 3 is 1.52 bits per heavy atom. The third kappa shape index (κ3) is 15.3. The summed E-state index contributed by atoms with van der Waals surface area (Å²) in [4.78, 5) is 38.7. The van der Waals surface area contributed by atoms with Gasteiger partial charge in [0.15, 0.2) is 37.7 Å². The van der Waals surface area contributed by atoms with E-state index in [4.69, 9.17) is 61.6 Å². The highest BCUT2D eigenvalue weighted by Crippen LogP contribution is 2.41. The Balaban J connectivity index is 1.12. The molecule has 88 heavy (non-hydrogen) atoms. The molecule has 7 aliphatic heterocycles. The van der Waals surface area contributed by atoms with E-state index in [9.17, 15) is 122 Å². The molecule has 0 saturated carbocycles. The minimum atomic E-state index is -3.36. The van der Waals surface area contributed by atoms with Gasteiger partial charge in [0, 0.05) is 20.3 Å². The first-order chi connectivity index (χ1) is 41.3. The van der Waals surface area contributed by atoms with E-state index < -0.39 is 278 Å². The van der Waals surface area contributed by atoms with Crippen LogP contribution in [0, 0.1) is 0 Å². The second-order valence-corrected chi connectivity index (χ2v) is 22.5. The van der Waals surface area contributed by atoms with Crippen molar-refractivity contribution in [3.63, 3.8) is 0 Å². The standard InChI is InChI=1S/C49H82N2O37/c1-11-23(59)31(67)34(70)44(77-11)80-16-5-49(48(74)75,87-39(27(16)63)25(61)15(58)6-52)88-40-28(64)18(8-54)81-46(36(40)72)85-38-22(51-14(4)57)42(73)79-20(29(38)65)10-76-43-21(50-13(3)56)30(66)37(19(9-55)83-43)84-47-41(33(69)26(62)17(7-53)82-47)86-45-35(71)32(68)24(60)12(2)78-45/h11-12,15-47,52-55,58-73H,5-10H2,1-4H3,(H,50,56)(H,51,57)(H,74,75)/t11-,12-,15+,16-,17+,18+,19+,20+,21+,22+,23+,24+,25+,26-,27+,28-,29-,30+,31+,32+,33-,34-,35-,36+,37+,38+,39-,40-,41+,42+,43+,44-,45-,46-,47-,49-/m0/s1. The van der Waals surface area contributed by atoms with Crippen molar-refractivity contribution in [1.82, 2.24) is 10.6 Å². The van der Waals surface area contributed by atoms with Gasteiger partial charge in [0.25, 0.3) is 5.79 Å². The molecule has 7 aliphatic rings. The van der Waals surface area contributed by atoms with E-state index in [1.807, 2.05) is 0 Å². The number of carbonyl (C=O) groups is 3. The van der Waals surface area contributed by atoms with Crippen LogP contribution in [0.3, 0.4) is 0 Å². The van der Waals surface area contributed by atoms with Gasteiger partial charge in [-0.3, -0.25) is 9.59 Å². The lowest BCUT2D eigenvalue weighted by Crippen LogP contribution is -2.70. The largest absolute Gasteiger partial charge is 0.477 e. The number of rotatable bonds is 22. The van der Waals surface area contributed by atoms with Crippen molar-refractivity contribution in [2.45, 2.75) is 255 Å². The van der Waals surface area contributed by atoms with Gasteiger partial charge >= 0.3 is 5.97 Å². The van der Waals surface area contributed by atoms with Crippen LogP contribution in [0.5, 0.6) is 0 Å². The fourth-order valence-corrected chi connectivity index (χ4v) is 11.2. The lowest BCUT2D eigenvalue weighted by molar-refractivity contribution is -0.395. The molecular formula is C49H82N2O37. The zero-order valence-corrected chi connectivity index (χ0v) is 47.4. The molecule has 7 saturated heterocycles. The van der Waals surface area contributed by atoms with Crippen molar-refractivity contribution in [3.05, 3.63) is 0 Å². The molecule has 0 aromatic heterocycles. The molecule has 7 fully saturated rings. The summed E-state index contributed by atoms with van der Waals surface area (Å²) in [7, 11) is 0. The first-order valence-corrected chi connectivity index (χ1v) is 28.0. The van der Waals surface area contributed by atoms with E-state index in [0.29, 0.717) is 0 Å². The molecule has 7 rings (SSSR count). The molecule has 2 amide bonds. The van der Waals surface area contributed by atoms with Gasteiger partial charge in [0.05, 0.1) is 51.3 Å². The highest BCUT2D eigenvalue weighted by Gasteiger charge is 2.62. The predicted molar refractivity (Wildman–Crippen MR) is 269 cm³/mol. The zero-order valence-electron chi connectivity index (χ0n) is 47.4. The maximum absolute atomic E-state index is 13.4. The van der Waals surface area contributed by atoms with E-state index in [1.54, 1.807) is 0 Å². The fraction of sp³-hybridized carbons (Fsp3) is 0.939. The smallest absolute Gasteiger partial charge is 0.364 e. The van der Waals surface area contributed by atoms with Crippen LogP contribution in [0.4, 0.5) is 0 Å². The van der Waals surface area contributed by atoms with Gasteiger partial charge < -0.3 is 179 Å². The summed E-state index contributed by atoms with van der Waals surface area (Å²) in [6, 6.07) is -3.61. The molecule has 0 aliphatic carbocycles. The van der Waals surface area contributed by atoms with Crippen LogP contribution in [0.2, 0.25) is 0 Å². The first kappa shape index (κ1) is 72.5. The molecule has 510 valence electrons. The highest BCUT2D eigenvalue weighted by atomic mass is 16.8. The van der Waals surface area contributed by atoms with Crippen LogP contribution in [-0.4, -0.2) is 378 Å². The maximum Gasteiger partial charge on any atom is 0.364 e. The molecular weight excluding hydrogens is 1210 g/mol. The second kappa shape index (κ2) is 30.4. The summed E-state index contributed by atoms with van der Waals surface area (Å²) in [5.74, 6) is -7.28. The summed E-state index contributed by atoms with van der Waals surface area (Å²) >= 11 is 0. The van der Waals surface area contributed by atoms with Gasteiger partial charge in [-0.15, -0.1) is 0 Å². The summed E-state index contributed by atoms with van der Waals surface area (Å²) in [5.41, 5.74) is 0. The Morgan fingerprint density at radius 2 is 0.977 bits per heavy atom. The van der Waals surface area contributed by atoms with Crippen LogP contribution in [0.1, 0.15) is 34.1 Å². The molecule has 0 radical (unpaired) electrons. The van der Waals surface area contributed by atoms with Gasteiger partial charge in [-0.1, -0.05) is 0 Å². The van der Waals surface area contributed by atoms with Crippen LogP contribution >= 0.6 is 0 Å². The molecule has 23 N–H and O–H groups in total. The normalized spacial score (nSPS) is 49.3. The van der Waals surface area contributed by atoms with Crippen molar-refractivity contribution in [2.75, 3.05) is 33.0 Å². The third-order valence-electron chi connectivity index (χ3n) is 16.2. The molecule has 36 atom stereocenters. The van der Waals surface area contributed by atoms with Crippen molar-refractivity contribution in [1.29, 1.82) is 0 Å². The monoisotopic (exact) mass is 1290 g/mol. The Morgan fingerprint density at radius 1 is 0.489 bits per heavy atom. The fourth-order valence-electron chi connectivity index (χ4n) is 11.2. The minimum absolute atomic E-state index is 0.857. The number of carboxylic acid groups (broad SMARTS) is 1. The van der Waals surface area contributed by atoms with Crippen molar-refractivity contribution in [3.8, 4) is 0 Å². The number of aliphatic carboxylic acids is 1. The molecule has 0 aromatic carbocycles. The number of nitrogens with one attached hydrogen (secondary N) is 2. The number of aliphatic hydroxyl groups excluding tert-OH is 20. The van der Waals surface area contributed by atoms with Gasteiger partial charge in [0.1, 0.15) is 159 Å². The number of ether oxygens (including phenoxy) is 13. The van der Waals surface area contributed by atoms with E-state index in [0.717, 1.165) is 13.8 Å². The lowest BCUT2D eigenvalue weighted by atomic mass is 9.89. The minimum Gasteiger partial charge on any atom is -0.477 e. The first-order valence-electron chi connectivity index (χ1n) is 28.0. The second-order valence-electron chi connectivity index (χ2n) is 22.5. The van der Waals surface area contributed by atoms with Gasteiger partial charge in [-0.25, -0.2) is 4.79 Å². The van der Waals surface area contributed by atoms with Crippen LogP contribution < -0.4 is 10.6 Å². The molecule has 39 nitrogen and oxygen atoms in total. The lowest BCUT2D eigenvalue weighted by Gasteiger charge is -2.51. The Labute approximate surface area is 498 Å². The predicted octanol–water partition coefficient (Wildman–Crippen LogP) is -14.7. The quantitative estimate of drug-likeness (QED) is 0.0479. The SMILES string of the molecule is CC(=O)N[C@@H]1[C@@H](O[C@@H]2O[C@H](CO)[C@H](O)[C@H](O[C@]3(C(=O)O)C[C@H](O[C@@H]4O[C@@H](C)[C@@H](O)[C@@H](O)[C@@H]4O)[C@@H](O)[C@H]([C@H](O)[C@H](O)CO)O3)[C@H]2O)[C@@H](O)[C@@H](CO[C@@H]2O[C@H](CO)[C@@H](O[C@@H]3O[C@H](CO)[C@H](O)[C@H](O)[C@H]3O[C@@H]3O[C@@H](C)[C@@H](O)[C@@H](O)[C@@H]3O)[C@H](O)[C@H]2NC(C)=O)O[C@H]1O. The van der Waals surface area contributed by atoms with Gasteiger partial charge in [0.2, 0.25) is 11.8 Å². The van der Waals surface area contributed by atoms with E-state index in [2.05, 4.69) is 10.6 Å². The zero-order chi connectivity index (χ0) is 65.3. The number of aliphatic hydroxyl groups is 20. The van der Waals surface area contributed by atoms with E-state index >= 15 is 0 Å². The van der Waals surface area contributed by atoms with Gasteiger partial charge in [-0.2, -0.15) is 0 Å². The van der Waals surface area contributed by atoms with E-state index in [-0.39, 0.29) is 0 Å². The molecule has 0 aromatic rings. The molecule has 0 spiro atoms. The number of amides is 2. The Hall–Kier alpha value is -2.91. The number of hydrogen-bond acceptors (Lipinski definition) is 36. The molecule has 7 heterocycles. The summed E-state index contributed by atoms with van der Waals surface area (Å²) in [6.45, 7) is -0.859. The molecule has 0 bridgehead atoms. The van der Waals surface area contributed by atoms with Crippen LogP contribution in [0.25, 0.3) is 0 Å². The summed E-state index contributed by atoms with van der Waals surface area (Å²) in [6.07, 6.45) is -66.7. The summed E-state index contributed by atoms with van der Waals surface area (Å²) < 4.78 is 74.5. The van der Waals surface area contributed by atoms with Crippen molar-refractivity contribution < 1.29 is 183 Å². The van der Waals surface area contributed by atoms with Gasteiger partial charge in [-0.05, 0) is 13.8 Å². The Bertz CT molecular complexity index is 2260. The number of carboxylic acids is 1. The average Bonchev–Trinajstić information content (AvgIpc) is 1.80. The topological polar surface area (TPSA) is 620 Å². The number of carbonyl (C=O) groups excluding carboxylic acids is 2. The number of hydrogen-bond donors (Lipinski definition) is 23. The van der Waals surface area contributed by atoms with Crippen molar-refractivity contribution in [2.24, 2.45) is 0 Å². The highest BCUT2D eigenvalue weighted by molar-refractivity contribution is 5.76.